The quantitative estimate of drug-likeness (QED) is 0.332. The molecule has 14 heteroatoms. The van der Waals surface area contributed by atoms with Crippen molar-refractivity contribution < 1.29 is 32.2 Å². The van der Waals surface area contributed by atoms with E-state index in [1.54, 1.807) is 18.2 Å². The molecule has 4 rings (SSSR count). The van der Waals surface area contributed by atoms with Crippen LogP contribution in [0.25, 0.3) is 16.9 Å². The normalized spacial score (nSPS) is 11.3. The Kier molecular flexibility index (Phi) is 7.43. The first kappa shape index (κ1) is 26.3. The van der Waals surface area contributed by atoms with Crippen molar-refractivity contribution in [2.45, 2.75) is 12.8 Å². The molecule has 11 nitrogen and oxygen atoms in total. The second kappa shape index (κ2) is 10.7. The zero-order valence-electron chi connectivity index (χ0n) is 20.4. The lowest BCUT2D eigenvalue weighted by molar-refractivity contribution is -0.141. The van der Waals surface area contributed by atoms with E-state index in [2.05, 4.69) is 25.4 Å². The summed E-state index contributed by atoms with van der Waals surface area (Å²) in [6, 6.07) is 7.25. The van der Waals surface area contributed by atoms with Crippen molar-refractivity contribution in [2.24, 2.45) is 5.73 Å². The number of halogens is 3. The van der Waals surface area contributed by atoms with Gasteiger partial charge in [0.05, 0.1) is 32.1 Å². The Morgan fingerprint density at radius 1 is 1.05 bits per heavy atom. The van der Waals surface area contributed by atoms with Crippen LogP contribution in [0.3, 0.4) is 0 Å². The van der Waals surface area contributed by atoms with Crippen molar-refractivity contribution in [3.63, 3.8) is 0 Å². The summed E-state index contributed by atoms with van der Waals surface area (Å²) in [6.45, 7) is 0.0306. The number of hydrogen-bond acceptors (Lipinski definition) is 9. The van der Waals surface area contributed by atoms with Crippen LogP contribution in [-0.2, 0) is 17.5 Å². The summed E-state index contributed by atoms with van der Waals surface area (Å²) in [6.07, 6.45) is -0.764. The summed E-state index contributed by atoms with van der Waals surface area (Å²) in [5.41, 5.74) is 5.85. The van der Waals surface area contributed by atoms with Gasteiger partial charge in [0.1, 0.15) is 11.5 Å². The lowest BCUT2D eigenvalue weighted by atomic mass is 10.1. The molecule has 0 fully saturated rings. The summed E-state index contributed by atoms with van der Waals surface area (Å²) in [4.78, 5) is 25.0. The number of nitrogens with zero attached hydrogens (tertiary/aromatic N) is 5. The van der Waals surface area contributed by atoms with Crippen LogP contribution in [0.5, 0.6) is 11.5 Å². The van der Waals surface area contributed by atoms with Gasteiger partial charge in [-0.15, -0.1) is 0 Å². The van der Waals surface area contributed by atoms with Crippen molar-refractivity contribution in [1.82, 2.24) is 24.7 Å². The zero-order valence-corrected chi connectivity index (χ0v) is 20.4. The van der Waals surface area contributed by atoms with Crippen molar-refractivity contribution in [3.8, 4) is 28.4 Å². The van der Waals surface area contributed by atoms with Gasteiger partial charge in [0, 0.05) is 60.7 Å². The molecule has 198 valence electrons. The number of alkyl halides is 3. The highest BCUT2D eigenvalue weighted by molar-refractivity contribution is 5.95. The number of carbonyl (C=O) groups is 1. The van der Waals surface area contributed by atoms with E-state index < -0.39 is 17.8 Å². The number of nitrogens with two attached hydrogens (primary N) is 1. The van der Waals surface area contributed by atoms with E-state index >= 15 is 0 Å². The molecule has 0 bridgehead atoms. The van der Waals surface area contributed by atoms with Gasteiger partial charge in [0.15, 0.2) is 11.5 Å². The molecule has 0 aliphatic heterocycles. The minimum atomic E-state index is -4.67. The van der Waals surface area contributed by atoms with Crippen LogP contribution in [0.1, 0.15) is 21.7 Å². The number of methoxy groups -OCH3 is 3. The molecule has 3 N–H and O–H groups in total. The van der Waals surface area contributed by atoms with Crippen LogP contribution in [-0.4, -0.2) is 52.0 Å². The number of ether oxygens (including phenoxy) is 3. The fourth-order valence-electron chi connectivity index (χ4n) is 3.52. The molecule has 3 aromatic heterocycles. The highest BCUT2D eigenvalue weighted by atomic mass is 19.4. The summed E-state index contributed by atoms with van der Waals surface area (Å²) in [5.74, 6) is 0.267. The van der Waals surface area contributed by atoms with Crippen molar-refractivity contribution >= 4 is 17.5 Å². The molecule has 0 atom stereocenters. The van der Waals surface area contributed by atoms with Crippen LogP contribution in [0.15, 0.2) is 48.9 Å². The van der Waals surface area contributed by atoms with E-state index in [0.29, 0.717) is 28.4 Å². The Morgan fingerprint density at radius 2 is 1.76 bits per heavy atom. The molecule has 0 saturated heterocycles. The van der Waals surface area contributed by atoms with Crippen molar-refractivity contribution in [2.75, 3.05) is 26.6 Å². The van der Waals surface area contributed by atoms with Crippen LogP contribution < -0.4 is 20.5 Å². The summed E-state index contributed by atoms with van der Waals surface area (Å²) in [7, 11) is 4.42. The number of amides is 1. The zero-order chi connectivity index (χ0) is 27.4. The number of anilines is 2. The molecule has 0 aliphatic rings. The maximum Gasteiger partial charge on any atom is 0.435 e. The van der Waals surface area contributed by atoms with E-state index in [1.165, 1.54) is 39.8 Å². The molecule has 0 spiro atoms. The maximum atomic E-state index is 13.3. The first-order valence-electron chi connectivity index (χ1n) is 10.9. The molecule has 3 heterocycles. The number of rotatable bonds is 9. The minimum Gasteiger partial charge on any atom is -0.497 e. The number of pyridine rings is 1. The van der Waals surface area contributed by atoms with Gasteiger partial charge in [0.25, 0.3) is 5.91 Å². The number of carbonyl (C=O) groups excluding carboxylic acids is 1. The lowest BCUT2D eigenvalue weighted by Gasteiger charge is -2.14. The van der Waals surface area contributed by atoms with Crippen LogP contribution in [0, 0.1) is 0 Å². The molecule has 38 heavy (non-hydrogen) atoms. The smallest absolute Gasteiger partial charge is 0.435 e. The molecule has 1 aromatic carbocycles. The highest BCUT2D eigenvalue weighted by Gasteiger charge is 2.34. The Bertz CT molecular complexity index is 1450. The Morgan fingerprint density at radius 3 is 2.34 bits per heavy atom. The predicted octanol–water partition coefficient (Wildman–Crippen LogP) is 3.75. The van der Waals surface area contributed by atoms with E-state index in [9.17, 15) is 18.0 Å². The SMILES string of the molecule is COCc1ncc(-c2cnc(Nc3cc(OC)cc(OC)c3)nc2-n2ccc(C(F)(F)F)n2)cc1C(N)=O. The van der Waals surface area contributed by atoms with Gasteiger partial charge in [-0.3, -0.25) is 9.78 Å². The molecule has 0 aliphatic carbocycles. The van der Waals surface area contributed by atoms with Gasteiger partial charge in [-0.05, 0) is 12.1 Å². The average Bonchev–Trinajstić information content (AvgIpc) is 3.40. The number of aromatic nitrogens is 5. The number of hydrogen-bond donors (Lipinski definition) is 2. The second-order valence-corrected chi connectivity index (χ2v) is 7.82. The van der Waals surface area contributed by atoms with Gasteiger partial charge in [-0.25, -0.2) is 9.67 Å². The summed E-state index contributed by atoms with van der Waals surface area (Å²) >= 11 is 0. The number of primary amides is 1. The van der Waals surface area contributed by atoms with Gasteiger partial charge >= 0.3 is 6.18 Å². The van der Waals surface area contributed by atoms with Crippen molar-refractivity contribution in [1.29, 1.82) is 0 Å². The van der Waals surface area contributed by atoms with Crippen molar-refractivity contribution in [3.05, 3.63) is 65.9 Å². The van der Waals surface area contributed by atoms with Gasteiger partial charge < -0.3 is 25.3 Å². The fourth-order valence-corrected chi connectivity index (χ4v) is 3.52. The molecule has 1 amide bonds. The third-order valence-corrected chi connectivity index (χ3v) is 5.30. The minimum absolute atomic E-state index is 0.00965. The topological polar surface area (TPSA) is 139 Å². The van der Waals surface area contributed by atoms with Gasteiger partial charge in [-0.1, -0.05) is 0 Å². The predicted molar refractivity (Wildman–Crippen MR) is 129 cm³/mol. The maximum absolute atomic E-state index is 13.3. The molecular formula is C24H22F3N7O4. The Hall–Kier alpha value is -4.72. The third-order valence-electron chi connectivity index (χ3n) is 5.30. The molecule has 4 aromatic rings. The monoisotopic (exact) mass is 529 g/mol. The Labute approximate surface area is 214 Å². The average molecular weight is 529 g/mol. The molecule has 0 unspecified atom stereocenters. The molecule has 0 radical (unpaired) electrons. The van der Waals surface area contributed by atoms with Crippen LogP contribution >= 0.6 is 0 Å². The first-order valence-corrected chi connectivity index (χ1v) is 10.9. The molecule has 0 saturated carbocycles. The summed E-state index contributed by atoms with van der Waals surface area (Å²) in [5, 5.41) is 6.63. The first-order chi connectivity index (χ1) is 18.1. The number of nitrogens with one attached hydrogen (secondary N) is 1. The van der Waals surface area contributed by atoms with E-state index in [0.717, 1.165) is 16.9 Å². The van der Waals surface area contributed by atoms with Gasteiger partial charge in [0.2, 0.25) is 5.95 Å². The highest BCUT2D eigenvalue weighted by Crippen LogP contribution is 2.32. The lowest BCUT2D eigenvalue weighted by Crippen LogP contribution is -2.16. The fraction of sp³-hybridized carbons (Fsp3) is 0.208. The van der Waals surface area contributed by atoms with Crippen LogP contribution in [0.4, 0.5) is 24.8 Å². The Balaban J connectivity index is 1.84. The molecular weight excluding hydrogens is 507 g/mol. The van der Waals surface area contributed by atoms with E-state index in [1.807, 2.05) is 0 Å². The summed E-state index contributed by atoms with van der Waals surface area (Å²) < 4.78 is 56.4. The number of benzene rings is 1. The van der Waals surface area contributed by atoms with Crippen LogP contribution in [0.2, 0.25) is 0 Å². The largest absolute Gasteiger partial charge is 0.497 e. The second-order valence-electron chi connectivity index (χ2n) is 7.82. The standard InChI is InChI=1S/C24H22F3N7O4/c1-36-12-19-17(21(28)35)6-13(10-29-19)18-11-30-23(31-14-7-15(37-2)9-16(8-14)38-3)32-22(18)34-5-4-20(33-34)24(25,26)27/h4-11H,12H2,1-3H3,(H2,28,35)(H,30,31,32). The third kappa shape index (κ3) is 5.64. The van der Waals surface area contributed by atoms with Gasteiger partial charge in [-0.2, -0.15) is 23.3 Å². The van der Waals surface area contributed by atoms with E-state index in [-0.39, 0.29) is 29.5 Å². The van der Waals surface area contributed by atoms with E-state index in [4.69, 9.17) is 19.9 Å².